The fraction of sp³-hybridized carbons (Fsp3) is 0.611. The molecule has 2 aliphatic rings. The van der Waals surface area contributed by atoms with Crippen molar-refractivity contribution in [2.24, 2.45) is 0 Å². The summed E-state index contributed by atoms with van der Waals surface area (Å²) in [5, 5.41) is 3.74. The van der Waals surface area contributed by atoms with Gasteiger partial charge in [-0.2, -0.15) is 0 Å². The zero-order valence-electron chi connectivity index (χ0n) is 13.9. The smallest absolute Gasteiger partial charge is 0.234 e. The van der Waals surface area contributed by atoms with Gasteiger partial charge in [0.15, 0.2) is 6.29 Å². The number of nitrogens with one attached hydrogen (secondary N) is 1. The Labute approximate surface area is 148 Å². The van der Waals surface area contributed by atoms with Crippen LogP contribution in [0.3, 0.4) is 0 Å². The van der Waals surface area contributed by atoms with Gasteiger partial charge in [-0.05, 0) is 43.5 Å². The molecule has 0 radical (unpaired) electrons. The number of hydrogen-bond donors (Lipinski definition) is 1. The lowest BCUT2D eigenvalue weighted by Crippen LogP contribution is -2.51. The second-order valence-corrected chi connectivity index (χ2v) is 6.81. The third kappa shape index (κ3) is 4.93. The Morgan fingerprint density at radius 2 is 1.96 bits per heavy atom. The number of ether oxygens (including phenoxy) is 2. The summed E-state index contributed by atoms with van der Waals surface area (Å²) in [6.07, 6.45) is 3.96. The average Bonchev–Trinajstić information content (AvgIpc) is 3.11. The van der Waals surface area contributed by atoms with E-state index in [4.69, 9.17) is 21.1 Å². The molecule has 1 aromatic carbocycles. The molecular weight excluding hydrogens is 328 g/mol. The third-order valence-corrected chi connectivity index (χ3v) is 4.87. The third-order valence-electron chi connectivity index (χ3n) is 4.62. The van der Waals surface area contributed by atoms with E-state index in [1.807, 2.05) is 24.3 Å². The summed E-state index contributed by atoms with van der Waals surface area (Å²) in [5.74, 6) is 0.0638. The number of benzene rings is 1. The summed E-state index contributed by atoms with van der Waals surface area (Å²) in [5.41, 5.74) is 1.17. The first kappa shape index (κ1) is 17.7. The van der Waals surface area contributed by atoms with Gasteiger partial charge in [-0.1, -0.05) is 30.2 Å². The Morgan fingerprint density at radius 1 is 1.21 bits per heavy atom. The maximum atomic E-state index is 12.3. The van der Waals surface area contributed by atoms with Crippen molar-refractivity contribution in [3.63, 3.8) is 0 Å². The van der Waals surface area contributed by atoms with E-state index in [2.05, 4.69) is 10.2 Å². The molecule has 1 unspecified atom stereocenters. The highest BCUT2D eigenvalue weighted by Crippen LogP contribution is 2.24. The number of piperidine rings is 1. The van der Waals surface area contributed by atoms with Gasteiger partial charge in [0.25, 0.3) is 0 Å². The van der Waals surface area contributed by atoms with Crippen LogP contribution in [-0.2, 0) is 20.7 Å². The number of amides is 1. The van der Waals surface area contributed by atoms with Gasteiger partial charge in [0.2, 0.25) is 5.91 Å². The molecule has 6 heteroatoms. The molecule has 3 rings (SSSR count). The molecular formula is C18H25ClN2O3. The van der Waals surface area contributed by atoms with Crippen molar-refractivity contribution in [3.8, 4) is 0 Å². The molecule has 132 valence electrons. The summed E-state index contributed by atoms with van der Waals surface area (Å²) in [7, 11) is 0. The molecule has 0 aliphatic carbocycles. The number of carbonyl (C=O) groups is 1. The van der Waals surface area contributed by atoms with E-state index in [0.717, 1.165) is 30.8 Å². The van der Waals surface area contributed by atoms with E-state index in [1.54, 1.807) is 0 Å². The van der Waals surface area contributed by atoms with Crippen LogP contribution in [0.5, 0.6) is 0 Å². The van der Waals surface area contributed by atoms with Crippen molar-refractivity contribution < 1.29 is 14.3 Å². The highest BCUT2D eigenvalue weighted by Gasteiger charge is 2.34. The van der Waals surface area contributed by atoms with Crippen molar-refractivity contribution in [2.75, 3.05) is 32.8 Å². The van der Waals surface area contributed by atoms with Crippen molar-refractivity contribution in [3.05, 3.63) is 34.9 Å². The normalized spacial score (nSPS) is 22.6. The summed E-state index contributed by atoms with van der Waals surface area (Å²) in [6.45, 7) is 3.28. The number of hydrogen-bond acceptors (Lipinski definition) is 4. The Hall–Kier alpha value is -1.14. The van der Waals surface area contributed by atoms with Crippen LogP contribution < -0.4 is 5.32 Å². The lowest BCUT2D eigenvalue weighted by molar-refractivity contribution is -0.131. The van der Waals surface area contributed by atoms with Gasteiger partial charge in [-0.25, -0.2) is 0 Å². The van der Waals surface area contributed by atoms with Crippen molar-refractivity contribution >= 4 is 17.5 Å². The Morgan fingerprint density at radius 3 is 2.71 bits per heavy atom. The fourth-order valence-electron chi connectivity index (χ4n) is 3.36. The van der Waals surface area contributed by atoms with E-state index < -0.39 is 0 Å². The van der Waals surface area contributed by atoms with Crippen LogP contribution in [0.15, 0.2) is 24.3 Å². The molecule has 2 saturated heterocycles. The van der Waals surface area contributed by atoms with Gasteiger partial charge in [0, 0.05) is 11.6 Å². The Bertz CT molecular complexity index is 532. The summed E-state index contributed by atoms with van der Waals surface area (Å²) >= 11 is 5.88. The zero-order chi connectivity index (χ0) is 16.8. The molecule has 0 spiro atoms. The second-order valence-electron chi connectivity index (χ2n) is 6.37. The number of halogens is 1. The summed E-state index contributed by atoms with van der Waals surface area (Å²) in [6, 6.07) is 7.92. The van der Waals surface area contributed by atoms with E-state index in [-0.39, 0.29) is 18.2 Å². The topological polar surface area (TPSA) is 50.8 Å². The van der Waals surface area contributed by atoms with E-state index >= 15 is 0 Å². The van der Waals surface area contributed by atoms with Crippen molar-refractivity contribution in [2.45, 2.75) is 38.0 Å². The van der Waals surface area contributed by atoms with Crippen molar-refractivity contribution in [1.82, 2.24) is 10.2 Å². The SMILES string of the molecule is O=C(CN1CCCCC1C1OCCO1)NCCc1ccc(Cl)cc1. The maximum absolute atomic E-state index is 12.3. The van der Waals surface area contributed by atoms with Crippen molar-refractivity contribution in [1.29, 1.82) is 0 Å². The van der Waals surface area contributed by atoms with E-state index in [9.17, 15) is 4.79 Å². The van der Waals surface area contributed by atoms with Crippen LogP contribution in [-0.4, -0.2) is 56.0 Å². The molecule has 0 aromatic heterocycles. The number of carbonyl (C=O) groups excluding carboxylic acids is 1. The molecule has 2 heterocycles. The maximum Gasteiger partial charge on any atom is 0.234 e. The number of likely N-dealkylation sites (tertiary alicyclic amines) is 1. The molecule has 0 bridgehead atoms. The standard InChI is InChI=1S/C18H25ClN2O3/c19-15-6-4-14(5-7-15)8-9-20-17(22)13-21-10-2-1-3-16(21)18-23-11-12-24-18/h4-7,16,18H,1-3,8-13H2,(H,20,22). The Kier molecular flexibility index (Phi) is 6.49. The molecule has 1 aromatic rings. The predicted octanol–water partition coefficient (Wildman–Crippen LogP) is 2.23. The number of nitrogens with zero attached hydrogens (tertiary/aromatic N) is 1. The van der Waals surface area contributed by atoms with E-state index in [1.165, 1.54) is 12.0 Å². The molecule has 1 atom stereocenters. The molecule has 0 saturated carbocycles. The van der Waals surface area contributed by atoms with Crippen LogP contribution in [0, 0.1) is 0 Å². The monoisotopic (exact) mass is 352 g/mol. The van der Waals surface area contributed by atoms with E-state index in [0.29, 0.717) is 26.3 Å². The molecule has 5 nitrogen and oxygen atoms in total. The first-order valence-electron chi connectivity index (χ1n) is 8.71. The van der Waals surface area contributed by atoms with Crippen LogP contribution in [0.1, 0.15) is 24.8 Å². The van der Waals surface area contributed by atoms with Crippen LogP contribution >= 0.6 is 11.6 Å². The highest BCUT2D eigenvalue weighted by molar-refractivity contribution is 6.30. The van der Waals surface area contributed by atoms with Gasteiger partial charge in [-0.15, -0.1) is 0 Å². The minimum absolute atomic E-state index is 0.0638. The second kappa shape index (κ2) is 8.81. The highest BCUT2D eigenvalue weighted by atomic mass is 35.5. The zero-order valence-corrected chi connectivity index (χ0v) is 14.6. The van der Waals surface area contributed by atoms with Gasteiger partial charge in [0.1, 0.15) is 0 Å². The lowest BCUT2D eigenvalue weighted by Gasteiger charge is -2.37. The fourth-order valence-corrected chi connectivity index (χ4v) is 3.48. The minimum atomic E-state index is -0.174. The quantitative estimate of drug-likeness (QED) is 0.853. The van der Waals surface area contributed by atoms with Crippen LogP contribution in [0.4, 0.5) is 0 Å². The van der Waals surface area contributed by atoms with Crippen LogP contribution in [0.25, 0.3) is 0 Å². The summed E-state index contributed by atoms with van der Waals surface area (Å²) < 4.78 is 11.3. The average molecular weight is 353 g/mol. The summed E-state index contributed by atoms with van der Waals surface area (Å²) in [4.78, 5) is 14.5. The van der Waals surface area contributed by atoms with Gasteiger partial charge in [-0.3, -0.25) is 9.69 Å². The minimum Gasteiger partial charge on any atom is -0.355 e. The molecule has 1 amide bonds. The molecule has 1 N–H and O–H groups in total. The van der Waals surface area contributed by atoms with Gasteiger partial charge < -0.3 is 14.8 Å². The number of rotatable bonds is 6. The molecule has 2 fully saturated rings. The van der Waals surface area contributed by atoms with Crippen LogP contribution in [0.2, 0.25) is 5.02 Å². The van der Waals surface area contributed by atoms with Gasteiger partial charge >= 0.3 is 0 Å². The first-order chi connectivity index (χ1) is 11.7. The predicted molar refractivity (Wildman–Crippen MR) is 93.1 cm³/mol. The molecule has 2 aliphatic heterocycles. The van der Waals surface area contributed by atoms with Gasteiger partial charge in [0.05, 0.1) is 25.8 Å². The first-order valence-corrected chi connectivity index (χ1v) is 9.08. The lowest BCUT2D eigenvalue weighted by atomic mass is 10.0. The largest absolute Gasteiger partial charge is 0.355 e. The Balaban J connectivity index is 1.43. The molecule has 24 heavy (non-hydrogen) atoms.